The van der Waals surface area contributed by atoms with Crippen LogP contribution < -0.4 is 5.32 Å². The summed E-state index contributed by atoms with van der Waals surface area (Å²) in [6, 6.07) is 2.83. The highest BCUT2D eigenvalue weighted by Gasteiger charge is 2.37. The van der Waals surface area contributed by atoms with Gasteiger partial charge in [-0.3, -0.25) is 9.89 Å². The monoisotopic (exact) mass is 396 g/mol. The van der Waals surface area contributed by atoms with Crippen LogP contribution in [0, 0.1) is 5.82 Å². The number of H-pyrrole nitrogens is 1. The van der Waals surface area contributed by atoms with Gasteiger partial charge in [0.15, 0.2) is 5.69 Å². The van der Waals surface area contributed by atoms with Crippen LogP contribution >= 0.6 is 0 Å². The van der Waals surface area contributed by atoms with Crippen LogP contribution in [0.15, 0.2) is 18.2 Å². The maximum Gasteiger partial charge on any atom is 0.416 e. The number of halogens is 4. The van der Waals surface area contributed by atoms with Gasteiger partial charge < -0.3 is 10.2 Å². The molecular weight excluding hydrogens is 376 g/mol. The van der Waals surface area contributed by atoms with Crippen molar-refractivity contribution in [3.05, 3.63) is 52.1 Å². The fourth-order valence-corrected chi connectivity index (χ4v) is 4.08. The topological polar surface area (TPSA) is 61.0 Å². The summed E-state index contributed by atoms with van der Waals surface area (Å²) < 4.78 is 53.2. The molecule has 2 aliphatic heterocycles. The number of aromatic amines is 1. The zero-order valence-electron chi connectivity index (χ0n) is 15.1. The Morgan fingerprint density at radius 3 is 2.68 bits per heavy atom. The van der Waals surface area contributed by atoms with Gasteiger partial charge in [-0.2, -0.15) is 18.3 Å². The Bertz CT molecular complexity index is 885. The molecule has 28 heavy (non-hydrogen) atoms. The maximum absolute atomic E-state index is 13.3. The number of alkyl halides is 3. The van der Waals surface area contributed by atoms with Crippen molar-refractivity contribution in [2.75, 3.05) is 19.6 Å². The third-order valence-electron chi connectivity index (χ3n) is 5.55. The molecule has 3 heterocycles. The predicted octanol–water partition coefficient (Wildman–Crippen LogP) is 3.23. The van der Waals surface area contributed by atoms with Gasteiger partial charge in [-0.1, -0.05) is 6.07 Å². The van der Waals surface area contributed by atoms with E-state index in [1.54, 1.807) is 4.90 Å². The number of nitrogens with one attached hydrogen (secondary N) is 2. The van der Waals surface area contributed by atoms with E-state index in [0.29, 0.717) is 44.2 Å². The van der Waals surface area contributed by atoms with Gasteiger partial charge in [0.2, 0.25) is 0 Å². The molecule has 2 N–H and O–H groups in total. The molecule has 0 atom stereocenters. The average Bonchev–Trinajstić information content (AvgIpc) is 3.11. The number of aromatic nitrogens is 2. The lowest BCUT2D eigenvalue weighted by Crippen LogP contribution is -2.39. The Labute approximate surface area is 159 Å². The number of carbonyl (C=O) groups is 1. The van der Waals surface area contributed by atoms with Crippen molar-refractivity contribution < 1.29 is 22.4 Å². The highest BCUT2D eigenvalue weighted by Crippen LogP contribution is 2.39. The minimum Gasteiger partial charge on any atom is -0.337 e. The number of amides is 1. The molecule has 0 saturated carbocycles. The molecule has 4 rings (SSSR count). The van der Waals surface area contributed by atoms with Crippen LogP contribution in [0.3, 0.4) is 0 Å². The molecular formula is C19H20F4N4O. The smallest absolute Gasteiger partial charge is 0.337 e. The minimum atomic E-state index is -4.61. The largest absolute Gasteiger partial charge is 0.416 e. The van der Waals surface area contributed by atoms with Gasteiger partial charge in [0.1, 0.15) is 5.82 Å². The molecule has 0 spiro atoms. The number of fused-ring (bicyclic) bond motifs is 1. The van der Waals surface area contributed by atoms with Crippen molar-refractivity contribution in [1.29, 1.82) is 0 Å². The van der Waals surface area contributed by atoms with Gasteiger partial charge in [0, 0.05) is 43.9 Å². The van der Waals surface area contributed by atoms with E-state index in [0.717, 1.165) is 30.3 Å². The number of hydrogen-bond donors (Lipinski definition) is 2. The second-order valence-corrected chi connectivity index (χ2v) is 7.25. The first-order valence-electron chi connectivity index (χ1n) is 9.27. The van der Waals surface area contributed by atoms with E-state index < -0.39 is 17.6 Å². The third-order valence-corrected chi connectivity index (χ3v) is 5.55. The Morgan fingerprint density at radius 2 is 1.96 bits per heavy atom. The molecule has 1 aromatic carbocycles. The van der Waals surface area contributed by atoms with E-state index in [2.05, 4.69) is 15.5 Å². The lowest BCUT2D eigenvalue weighted by Gasteiger charge is -2.33. The number of carbonyl (C=O) groups excluding carboxylic acids is 1. The Morgan fingerprint density at radius 1 is 1.21 bits per heavy atom. The number of nitrogens with zero attached hydrogens (tertiary/aromatic N) is 2. The fourth-order valence-electron chi connectivity index (χ4n) is 4.08. The molecule has 0 radical (unpaired) electrons. The molecule has 1 amide bonds. The van der Waals surface area contributed by atoms with E-state index in [1.807, 2.05) is 0 Å². The summed E-state index contributed by atoms with van der Waals surface area (Å²) in [5.74, 6) is -1.47. The SMILES string of the molecule is O=C(c1n[nH]c2c1CNCC2)N1CCC(c2ccc(F)cc2C(F)(F)F)CC1. The van der Waals surface area contributed by atoms with Crippen LogP contribution in [-0.2, 0) is 19.1 Å². The first-order valence-corrected chi connectivity index (χ1v) is 9.27. The molecule has 150 valence electrons. The quantitative estimate of drug-likeness (QED) is 0.767. The lowest BCUT2D eigenvalue weighted by molar-refractivity contribution is -0.138. The van der Waals surface area contributed by atoms with Gasteiger partial charge in [0.25, 0.3) is 5.91 Å². The van der Waals surface area contributed by atoms with Crippen LogP contribution in [-0.4, -0.2) is 40.6 Å². The van der Waals surface area contributed by atoms with Crippen LogP contribution in [0.25, 0.3) is 0 Å². The minimum absolute atomic E-state index is 0.0994. The molecule has 2 aliphatic rings. The van der Waals surface area contributed by atoms with Crippen LogP contribution in [0.4, 0.5) is 17.6 Å². The summed E-state index contributed by atoms with van der Waals surface area (Å²) in [6.45, 7) is 2.09. The summed E-state index contributed by atoms with van der Waals surface area (Å²) in [4.78, 5) is 14.5. The first-order chi connectivity index (χ1) is 13.3. The molecule has 1 saturated heterocycles. The van der Waals surface area contributed by atoms with Gasteiger partial charge in [0.05, 0.1) is 5.56 Å². The first kappa shape index (κ1) is 18.9. The number of benzene rings is 1. The number of likely N-dealkylation sites (tertiary alicyclic amines) is 1. The number of piperidine rings is 1. The Kier molecular flexibility index (Phi) is 4.86. The third kappa shape index (κ3) is 3.50. The molecule has 0 bridgehead atoms. The average molecular weight is 396 g/mol. The zero-order chi connectivity index (χ0) is 19.9. The van der Waals surface area contributed by atoms with Crippen molar-refractivity contribution in [1.82, 2.24) is 20.4 Å². The predicted molar refractivity (Wildman–Crippen MR) is 93.3 cm³/mol. The summed E-state index contributed by atoms with van der Waals surface area (Å²) in [5, 5.41) is 10.3. The van der Waals surface area contributed by atoms with E-state index in [9.17, 15) is 22.4 Å². The normalized spacial score (nSPS) is 18.2. The van der Waals surface area contributed by atoms with E-state index >= 15 is 0 Å². The zero-order valence-corrected chi connectivity index (χ0v) is 15.1. The van der Waals surface area contributed by atoms with E-state index in [-0.39, 0.29) is 17.4 Å². The highest BCUT2D eigenvalue weighted by molar-refractivity contribution is 5.94. The van der Waals surface area contributed by atoms with Crippen molar-refractivity contribution >= 4 is 5.91 Å². The maximum atomic E-state index is 13.3. The van der Waals surface area contributed by atoms with Gasteiger partial charge in [-0.15, -0.1) is 0 Å². The summed E-state index contributed by atoms with van der Waals surface area (Å²) >= 11 is 0. The van der Waals surface area contributed by atoms with Crippen LogP contribution in [0.5, 0.6) is 0 Å². The highest BCUT2D eigenvalue weighted by atomic mass is 19.4. The number of hydrogen-bond acceptors (Lipinski definition) is 3. The second-order valence-electron chi connectivity index (χ2n) is 7.25. The molecule has 1 fully saturated rings. The molecule has 1 aromatic heterocycles. The van der Waals surface area contributed by atoms with Crippen molar-refractivity contribution in [3.8, 4) is 0 Å². The Balaban J connectivity index is 1.48. The Hall–Kier alpha value is -2.42. The lowest BCUT2D eigenvalue weighted by atomic mass is 9.86. The molecule has 9 heteroatoms. The van der Waals surface area contributed by atoms with Gasteiger partial charge >= 0.3 is 6.18 Å². The number of rotatable bonds is 2. The van der Waals surface area contributed by atoms with Crippen molar-refractivity contribution in [2.45, 2.75) is 37.9 Å². The standard InChI is InChI=1S/C19H20F4N4O/c20-12-1-2-13(15(9-12)19(21,22)23)11-4-7-27(8-5-11)18(28)17-14-10-24-6-3-16(14)25-26-17/h1-2,9,11,24H,3-8,10H2,(H,25,26). The van der Waals surface area contributed by atoms with Crippen LogP contribution in [0.2, 0.25) is 0 Å². The molecule has 2 aromatic rings. The van der Waals surface area contributed by atoms with Crippen molar-refractivity contribution in [2.24, 2.45) is 0 Å². The van der Waals surface area contributed by atoms with Gasteiger partial charge in [-0.25, -0.2) is 4.39 Å². The van der Waals surface area contributed by atoms with E-state index in [1.165, 1.54) is 6.07 Å². The van der Waals surface area contributed by atoms with E-state index in [4.69, 9.17) is 0 Å². The second kappa shape index (κ2) is 7.20. The molecule has 5 nitrogen and oxygen atoms in total. The summed E-state index contributed by atoms with van der Waals surface area (Å²) in [6.07, 6.45) is -3.04. The van der Waals surface area contributed by atoms with Crippen molar-refractivity contribution in [3.63, 3.8) is 0 Å². The molecule has 0 aliphatic carbocycles. The molecule has 0 unspecified atom stereocenters. The van der Waals surface area contributed by atoms with Crippen LogP contribution in [0.1, 0.15) is 51.6 Å². The van der Waals surface area contributed by atoms with Gasteiger partial charge in [-0.05, 0) is 36.5 Å². The summed E-state index contributed by atoms with van der Waals surface area (Å²) in [5.41, 5.74) is 1.39. The summed E-state index contributed by atoms with van der Waals surface area (Å²) in [7, 11) is 0. The fraction of sp³-hybridized carbons (Fsp3) is 0.474.